The number of carbonyl (C=O) groups is 2. The molecule has 3 heterocycles. The van der Waals surface area contributed by atoms with Crippen molar-refractivity contribution in [2.24, 2.45) is 7.05 Å². The number of fused-ring (bicyclic) bond motifs is 2. The lowest BCUT2D eigenvalue weighted by Gasteiger charge is -2.26. The number of para-hydroxylation sites is 1. The van der Waals surface area contributed by atoms with Gasteiger partial charge >= 0.3 is 0 Å². The van der Waals surface area contributed by atoms with Crippen molar-refractivity contribution in [2.75, 3.05) is 16.8 Å². The molecule has 7 nitrogen and oxygen atoms in total. The molecule has 0 aliphatic carbocycles. The van der Waals surface area contributed by atoms with Gasteiger partial charge in [-0.2, -0.15) is 5.10 Å². The molecule has 1 aliphatic rings. The van der Waals surface area contributed by atoms with Crippen LogP contribution in [0.1, 0.15) is 6.42 Å². The Morgan fingerprint density at radius 1 is 1.16 bits per heavy atom. The summed E-state index contributed by atoms with van der Waals surface area (Å²) in [5.74, 6) is 0.255. The van der Waals surface area contributed by atoms with E-state index in [0.29, 0.717) is 29.5 Å². The monoisotopic (exact) mass is 433 g/mol. The van der Waals surface area contributed by atoms with Gasteiger partial charge in [-0.3, -0.25) is 14.5 Å². The van der Waals surface area contributed by atoms with E-state index < -0.39 is 0 Å². The van der Waals surface area contributed by atoms with Crippen LogP contribution in [0.25, 0.3) is 22.2 Å². The Bertz CT molecular complexity index is 1310. The van der Waals surface area contributed by atoms with Gasteiger partial charge in [0, 0.05) is 52.9 Å². The SMILES string of the molecule is Cn1cc(-c2cc3n(n2)CCC(=O)N3CC(=O)Nc2ccc(Cl)cc2)c2ccccc21. The Kier molecular flexibility index (Phi) is 4.75. The molecule has 0 radical (unpaired) electrons. The van der Waals surface area contributed by atoms with Crippen LogP contribution in [0.4, 0.5) is 11.5 Å². The molecule has 156 valence electrons. The van der Waals surface area contributed by atoms with Gasteiger partial charge in [-0.15, -0.1) is 0 Å². The zero-order valence-electron chi connectivity index (χ0n) is 16.9. The van der Waals surface area contributed by atoms with E-state index in [1.807, 2.05) is 31.4 Å². The van der Waals surface area contributed by atoms with Crippen molar-refractivity contribution < 1.29 is 9.59 Å². The number of aromatic nitrogens is 3. The van der Waals surface area contributed by atoms with Crippen LogP contribution in [0.15, 0.2) is 60.8 Å². The highest BCUT2D eigenvalue weighted by Crippen LogP contribution is 2.33. The second-order valence-corrected chi connectivity index (χ2v) is 8.00. The van der Waals surface area contributed by atoms with E-state index >= 15 is 0 Å². The first kappa shape index (κ1) is 19.4. The number of benzene rings is 2. The van der Waals surface area contributed by atoms with Crippen molar-refractivity contribution in [1.29, 1.82) is 0 Å². The lowest BCUT2D eigenvalue weighted by molar-refractivity contribution is -0.122. The molecule has 0 saturated heterocycles. The first-order valence-corrected chi connectivity index (χ1v) is 10.4. The molecule has 8 heteroatoms. The smallest absolute Gasteiger partial charge is 0.244 e. The molecule has 1 aliphatic heterocycles. The maximum Gasteiger partial charge on any atom is 0.244 e. The molecule has 5 rings (SSSR count). The topological polar surface area (TPSA) is 72.2 Å². The summed E-state index contributed by atoms with van der Waals surface area (Å²) < 4.78 is 3.86. The van der Waals surface area contributed by atoms with Crippen molar-refractivity contribution in [1.82, 2.24) is 14.3 Å². The van der Waals surface area contributed by atoms with Gasteiger partial charge in [-0.05, 0) is 30.3 Å². The Morgan fingerprint density at radius 2 is 1.94 bits per heavy atom. The standard InChI is InChI=1S/C23H20ClN5O2/c1-27-13-18(17-4-2-3-5-20(17)27)19-12-22-28(23(31)10-11-29(22)26-19)14-21(30)25-16-8-6-15(24)7-9-16/h2-9,12-13H,10-11,14H2,1H3,(H,25,30). The average Bonchev–Trinajstić information content (AvgIpc) is 3.34. The molecule has 0 spiro atoms. The molecule has 2 aromatic heterocycles. The third kappa shape index (κ3) is 3.57. The van der Waals surface area contributed by atoms with Gasteiger partial charge in [-0.1, -0.05) is 29.8 Å². The summed E-state index contributed by atoms with van der Waals surface area (Å²) in [4.78, 5) is 26.7. The van der Waals surface area contributed by atoms with E-state index in [0.717, 1.165) is 22.2 Å². The molecule has 0 atom stereocenters. The van der Waals surface area contributed by atoms with E-state index in [4.69, 9.17) is 16.7 Å². The van der Waals surface area contributed by atoms with Gasteiger partial charge < -0.3 is 9.88 Å². The number of amides is 2. The van der Waals surface area contributed by atoms with Crippen molar-refractivity contribution in [3.8, 4) is 11.3 Å². The van der Waals surface area contributed by atoms with E-state index in [9.17, 15) is 9.59 Å². The summed E-state index contributed by atoms with van der Waals surface area (Å²) in [6, 6.07) is 16.9. The molecule has 0 saturated carbocycles. The molecule has 0 fully saturated rings. The van der Waals surface area contributed by atoms with Crippen LogP contribution in [0.5, 0.6) is 0 Å². The number of hydrogen-bond acceptors (Lipinski definition) is 3. The first-order valence-electron chi connectivity index (χ1n) is 9.97. The highest BCUT2D eigenvalue weighted by Gasteiger charge is 2.28. The van der Waals surface area contributed by atoms with Gasteiger partial charge in [-0.25, -0.2) is 4.68 Å². The molecular formula is C23H20ClN5O2. The summed E-state index contributed by atoms with van der Waals surface area (Å²) in [5, 5.41) is 9.23. The number of aryl methyl sites for hydroxylation is 2. The van der Waals surface area contributed by atoms with Gasteiger partial charge in [0.25, 0.3) is 0 Å². The molecule has 31 heavy (non-hydrogen) atoms. The van der Waals surface area contributed by atoms with Crippen molar-refractivity contribution in [3.05, 3.63) is 65.8 Å². The highest BCUT2D eigenvalue weighted by atomic mass is 35.5. The fourth-order valence-corrected chi connectivity index (χ4v) is 4.10. The Hall–Kier alpha value is -3.58. The van der Waals surface area contributed by atoms with Crippen molar-refractivity contribution >= 4 is 45.8 Å². The van der Waals surface area contributed by atoms with E-state index in [1.165, 1.54) is 4.90 Å². The minimum Gasteiger partial charge on any atom is -0.350 e. The highest BCUT2D eigenvalue weighted by molar-refractivity contribution is 6.30. The van der Waals surface area contributed by atoms with Crippen LogP contribution in [-0.2, 0) is 23.2 Å². The van der Waals surface area contributed by atoms with Crippen LogP contribution in [0.2, 0.25) is 5.02 Å². The van der Waals surface area contributed by atoms with Crippen LogP contribution in [-0.4, -0.2) is 32.7 Å². The normalized spacial score (nSPS) is 13.5. The third-order valence-electron chi connectivity index (χ3n) is 5.48. The van der Waals surface area contributed by atoms with E-state index in [-0.39, 0.29) is 18.4 Å². The summed E-state index contributed by atoms with van der Waals surface area (Å²) in [5.41, 5.74) is 3.52. The predicted octanol–water partition coefficient (Wildman–Crippen LogP) is 4.07. The van der Waals surface area contributed by atoms with Crippen LogP contribution in [0, 0.1) is 0 Å². The largest absolute Gasteiger partial charge is 0.350 e. The van der Waals surface area contributed by atoms with Gasteiger partial charge in [0.1, 0.15) is 12.4 Å². The molecule has 4 aromatic rings. The number of rotatable bonds is 4. The maximum atomic E-state index is 12.6. The summed E-state index contributed by atoms with van der Waals surface area (Å²) in [6.45, 7) is 0.413. The average molecular weight is 434 g/mol. The zero-order valence-corrected chi connectivity index (χ0v) is 17.6. The quantitative estimate of drug-likeness (QED) is 0.527. The fourth-order valence-electron chi connectivity index (χ4n) is 3.98. The number of anilines is 2. The van der Waals surface area contributed by atoms with Crippen molar-refractivity contribution in [3.63, 3.8) is 0 Å². The second-order valence-electron chi connectivity index (χ2n) is 7.57. The number of carbonyl (C=O) groups excluding carboxylic acids is 2. The Balaban J connectivity index is 1.44. The lowest BCUT2D eigenvalue weighted by atomic mass is 10.1. The minimum atomic E-state index is -0.281. The van der Waals surface area contributed by atoms with Crippen LogP contribution in [0.3, 0.4) is 0 Å². The summed E-state index contributed by atoms with van der Waals surface area (Å²) in [6.07, 6.45) is 2.34. The third-order valence-corrected chi connectivity index (χ3v) is 5.73. The molecular weight excluding hydrogens is 414 g/mol. The van der Waals surface area contributed by atoms with E-state index in [2.05, 4.69) is 22.0 Å². The van der Waals surface area contributed by atoms with Gasteiger partial charge in [0.2, 0.25) is 11.8 Å². The first-order chi connectivity index (χ1) is 15.0. The zero-order chi connectivity index (χ0) is 21.5. The van der Waals surface area contributed by atoms with Gasteiger partial charge in [0.15, 0.2) is 0 Å². The number of hydrogen-bond donors (Lipinski definition) is 1. The second kappa shape index (κ2) is 7.59. The number of nitrogens with one attached hydrogen (secondary N) is 1. The summed E-state index contributed by atoms with van der Waals surface area (Å²) >= 11 is 5.89. The Labute approximate surface area is 183 Å². The predicted molar refractivity (Wildman–Crippen MR) is 121 cm³/mol. The van der Waals surface area contributed by atoms with Crippen LogP contribution < -0.4 is 10.2 Å². The van der Waals surface area contributed by atoms with Crippen molar-refractivity contribution in [2.45, 2.75) is 13.0 Å². The van der Waals surface area contributed by atoms with Gasteiger partial charge in [0.05, 0.1) is 12.2 Å². The lowest BCUT2D eigenvalue weighted by Crippen LogP contribution is -2.42. The molecule has 2 aromatic carbocycles. The molecule has 2 amide bonds. The molecule has 0 bridgehead atoms. The summed E-state index contributed by atoms with van der Waals surface area (Å²) in [7, 11) is 2.00. The number of halogens is 1. The Morgan fingerprint density at radius 3 is 2.74 bits per heavy atom. The van der Waals surface area contributed by atoms with E-state index in [1.54, 1.807) is 28.9 Å². The minimum absolute atomic E-state index is 0.0812. The van der Waals surface area contributed by atoms with Crippen LogP contribution >= 0.6 is 11.6 Å². The maximum absolute atomic E-state index is 12.6. The fraction of sp³-hybridized carbons (Fsp3) is 0.174. The molecule has 1 N–H and O–H groups in total. The number of nitrogens with zero attached hydrogens (tertiary/aromatic N) is 4. The molecule has 0 unspecified atom stereocenters.